The Labute approximate surface area is 119 Å². The molecule has 0 saturated heterocycles. The Morgan fingerprint density at radius 1 is 1.25 bits per heavy atom. The first-order valence-corrected chi connectivity index (χ1v) is 6.63. The summed E-state index contributed by atoms with van der Waals surface area (Å²) in [4.78, 5) is 16.0. The van der Waals surface area contributed by atoms with Crippen molar-refractivity contribution in [2.75, 3.05) is 0 Å². The van der Waals surface area contributed by atoms with Crippen LogP contribution in [0.2, 0.25) is 0 Å². The minimum absolute atomic E-state index is 0.143. The molecule has 0 fully saturated rings. The molecule has 0 spiro atoms. The van der Waals surface area contributed by atoms with E-state index >= 15 is 0 Å². The summed E-state index contributed by atoms with van der Waals surface area (Å²) in [6.45, 7) is 2.43. The fourth-order valence-electron chi connectivity index (χ4n) is 2.00. The van der Waals surface area contributed by atoms with E-state index in [2.05, 4.69) is 10.3 Å². The molecule has 1 aromatic heterocycles. The largest absolute Gasteiger partial charge is 0.351 e. The number of benzene rings is 1. The molecular weight excluding hydrogens is 250 g/mol. The van der Waals surface area contributed by atoms with Crippen molar-refractivity contribution in [1.82, 2.24) is 10.3 Å². The number of pyridine rings is 1. The summed E-state index contributed by atoms with van der Waals surface area (Å²) in [7, 11) is 0. The maximum atomic E-state index is 11.9. The predicted molar refractivity (Wildman–Crippen MR) is 78.9 cm³/mol. The number of hydrogen-bond donors (Lipinski definition) is 2. The zero-order chi connectivity index (χ0) is 14.4. The molecule has 2 aromatic rings. The highest BCUT2D eigenvalue weighted by Crippen LogP contribution is 2.03. The van der Waals surface area contributed by atoms with Crippen LogP contribution in [0.25, 0.3) is 0 Å². The Hall–Kier alpha value is -2.20. The van der Waals surface area contributed by atoms with Gasteiger partial charge in [0, 0.05) is 18.9 Å². The van der Waals surface area contributed by atoms with Gasteiger partial charge in [0.15, 0.2) is 0 Å². The zero-order valence-corrected chi connectivity index (χ0v) is 11.5. The average molecular weight is 269 g/mol. The molecule has 2 rings (SSSR count). The highest BCUT2D eigenvalue weighted by Gasteiger charge is 2.13. The summed E-state index contributed by atoms with van der Waals surface area (Å²) in [6, 6.07) is 11.2. The van der Waals surface area contributed by atoms with Gasteiger partial charge in [-0.1, -0.05) is 36.4 Å². The summed E-state index contributed by atoms with van der Waals surface area (Å²) in [5, 5.41) is 2.84. The lowest BCUT2D eigenvalue weighted by molar-refractivity contribution is -0.122. The lowest BCUT2D eigenvalue weighted by atomic mass is 10.1. The molecule has 20 heavy (non-hydrogen) atoms. The first-order valence-electron chi connectivity index (χ1n) is 6.63. The van der Waals surface area contributed by atoms with E-state index < -0.39 is 6.04 Å². The summed E-state index contributed by atoms with van der Waals surface area (Å²) >= 11 is 0. The number of nitrogens with zero attached hydrogens (tertiary/aromatic N) is 1. The minimum Gasteiger partial charge on any atom is -0.351 e. The highest BCUT2D eigenvalue weighted by molar-refractivity contribution is 5.81. The van der Waals surface area contributed by atoms with Crippen molar-refractivity contribution >= 4 is 5.91 Å². The number of amides is 1. The Morgan fingerprint density at radius 2 is 2.00 bits per heavy atom. The third-order valence-electron chi connectivity index (χ3n) is 3.03. The Morgan fingerprint density at radius 3 is 2.70 bits per heavy atom. The fraction of sp³-hybridized carbons (Fsp3) is 0.250. The number of nitrogens with two attached hydrogens (primary N) is 1. The van der Waals surface area contributed by atoms with Gasteiger partial charge in [0.05, 0.1) is 6.04 Å². The number of nitrogens with one attached hydrogen (secondary N) is 1. The molecule has 0 saturated carbocycles. The zero-order valence-electron chi connectivity index (χ0n) is 11.5. The average Bonchev–Trinajstić information content (AvgIpc) is 2.46. The Balaban J connectivity index is 1.85. The van der Waals surface area contributed by atoms with Crippen LogP contribution in [0.4, 0.5) is 0 Å². The lowest BCUT2D eigenvalue weighted by Crippen LogP contribution is -2.41. The lowest BCUT2D eigenvalue weighted by Gasteiger charge is -2.12. The predicted octanol–water partition coefficient (Wildman–Crippen LogP) is 1.58. The Kier molecular flexibility index (Phi) is 4.85. The summed E-state index contributed by atoms with van der Waals surface area (Å²) in [5.41, 5.74) is 9.03. The molecule has 4 heteroatoms. The van der Waals surface area contributed by atoms with Gasteiger partial charge in [-0.15, -0.1) is 0 Å². The van der Waals surface area contributed by atoms with Gasteiger partial charge in [-0.3, -0.25) is 9.78 Å². The second kappa shape index (κ2) is 6.82. The van der Waals surface area contributed by atoms with Crippen LogP contribution in [0, 0.1) is 6.92 Å². The molecule has 0 aliphatic carbocycles. The van der Waals surface area contributed by atoms with Gasteiger partial charge >= 0.3 is 0 Å². The summed E-state index contributed by atoms with van der Waals surface area (Å²) in [5.74, 6) is -0.143. The Bertz CT molecular complexity index is 569. The van der Waals surface area contributed by atoms with E-state index in [1.165, 1.54) is 0 Å². The van der Waals surface area contributed by atoms with Crippen LogP contribution >= 0.6 is 0 Å². The molecule has 0 aliphatic heterocycles. The van der Waals surface area contributed by atoms with Gasteiger partial charge < -0.3 is 11.1 Å². The van der Waals surface area contributed by atoms with Crippen molar-refractivity contribution in [3.8, 4) is 0 Å². The van der Waals surface area contributed by atoms with Crippen molar-refractivity contribution in [2.24, 2.45) is 5.73 Å². The van der Waals surface area contributed by atoms with Gasteiger partial charge in [0.2, 0.25) is 5.91 Å². The fourth-order valence-corrected chi connectivity index (χ4v) is 2.00. The molecule has 1 atom stereocenters. The van der Waals surface area contributed by atoms with E-state index in [1.807, 2.05) is 43.3 Å². The number of aryl methyl sites for hydroxylation is 1. The molecular formula is C16H19N3O. The van der Waals surface area contributed by atoms with Gasteiger partial charge in [-0.25, -0.2) is 0 Å². The first kappa shape index (κ1) is 14.2. The number of rotatable bonds is 5. The van der Waals surface area contributed by atoms with Crippen molar-refractivity contribution < 1.29 is 4.79 Å². The van der Waals surface area contributed by atoms with Crippen LogP contribution < -0.4 is 11.1 Å². The van der Waals surface area contributed by atoms with E-state index in [-0.39, 0.29) is 5.91 Å². The monoisotopic (exact) mass is 269 g/mol. The molecule has 3 N–H and O–H groups in total. The molecule has 1 aromatic carbocycles. The first-order chi connectivity index (χ1) is 9.65. The van der Waals surface area contributed by atoms with Crippen LogP contribution in [-0.2, 0) is 17.8 Å². The number of hydrogen-bond acceptors (Lipinski definition) is 3. The number of carbonyl (C=O) groups excluding carboxylic acids is 1. The molecule has 0 radical (unpaired) electrons. The van der Waals surface area contributed by atoms with Crippen molar-refractivity contribution in [2.45, 2.75) is 25.9 Å². The van der Waals surface area contributed by atoms with Crippen molar-refractivity contribution in [1.29, 1.82) is 0 Å². The van der Waals surface area contributed by atoms with Crippen LogP contribution in [0.15, 0.2) is 48.8 Å². The van der Waals surface area contributed by atoms with Crippen LogP contribution in [-0.4, -0.2) is 16.9 Å². The van der Waals surface area contributed by atoms with Crippen LogP contribution in [0.3, 0.4) is 0 Å². The minimum atomic E-state index is -0.532. The SMILES string of the molecule is Cc1cncc(CNC(=O)C(N)Cc2ccccc2)c1. The highest BCUT2D eigenvalue weighted by atomic mass is 16.2. The molecule has 1 unspecified atom stereocenters. The van der Waals surface area contributed by atoms with E-state index in [1.54, 1.807) is 12.4 Å². The quantitative estimate of drug-likeness (QED) is 0.866. The third kappa shape index (κ3) is 4.17. The van der Waals surface area contributed by atoms with Crippen molar-refractivity contribution in [3.63, 3.8) is 0 Å². The molecule has 4 nitrogen and oxygen atoms in total. The maximum absolute atomic E-state index is 11.9. The molecule has 104 valence electrons. The van der Waals surface area contributed by atoms with E-state index in [4.69, 9.17) is 5.73 Å². The topological polar surface area (TPSA) is 68.0 Å². The molecule has 0 bridgehead atoms. The molecule has 1 heterocycles. The van der Waals surface area contributed by atoms with Crippen molar-refractivity contribution in [3.05, 3.63) is 65.5 Å². The summed E-state index contributed by atoms with van der Waals surface area (Å²) in [6.07, 6.45) is 4.07. The van der Waals surface area contributed by atoms with Crippen LogP contribution in [0.5, 0.6) is 0 Å². The number of aromatic nitrogens is 1. The van der Waals surface area contributed by atoms with E-state index in [0.29, 0.717) is 13.0 Å². The third-order valence-corrected chi connectivity index (χ3v) is 3.03. The van der Waals surface area contributed by atoms with Gasteiger partial charge in [-0.05, 0) is 30.0 Å². The van der Waals surface area contributed by atoms with E-state index in [0.717, 1.165) is 16.7 Å². The second-order valence-electron chi connectivity index (χ2n) is 4.88. The van der Waals surface area contributed by atoms with E-state index in [9.17, 15) is 4.79 Å². The summed E-state index contributed by atoms with van der Waals surface area (Å²) < 4.78 is 0. The maximum Gasteiger partial charge on any atom is 0.237 e. The molecule has 0 aliphatic rings. The van der Waals surface area contributed by atoms with Gasteiger partial charge in [-0.2, -0.15) is 0 Å². The smallest absolute Gasteiger partial charge is 0.237 e. The van der Waals surface area contributed by atoms with Gasteiger partial charge in [0.25, 0.3) is 0 Å². The normalized spacial score (nSPS) is 11.9. The van der Waals surface area contributed by atoms with Crippen LogP contribution in [0.1, 0.15) is 16.7 Å². The molecule has 1 amide bonds. The standard InChI is InChI=1S/C16H19N3O/c1-12-7-14(10-18-9-12)11-19-16(20)15(17)8-13-5-3-2-4-6-13/h2-7,9-10,15H,8,11,17H2,1H3,(H,19,20). The van der Waals surface area contributed by atoms with Gasteiger partial charge in [0.1, 0.15) is 0 Å². The number of carbonyl (C=O) groups is 1. The second-order valence-corrected chi connectivity index (χ2v) is 4.88.